The van der Waals surface area contributed by atoms with Gasteiger partial charge in [0.15, 0.2) is 12.2 Å². The molecule has 9 heteroatoms. The molecule has 1 aromatic rings. The van der Waals surface area contributed by atoms with E-state index in [2.05, 4.69) is 0 Å². The highest BCUT2D eigenvalue weighted by Gasteiger charge is 2.55. The van der Waals surface area contributed by atoms with Crippen LogP contribution in [-0.2, 0) is 16.1 Å². The van der Waals surface area contributed by atoms with Gasteiger partial charge in [0.2, 0.25) is 5.96 Å². The number of aliphatic imine (C=N–C) groups is 1. The van der Waals surface area contributed by atoms with E-state index in [0.29, 0.717) is 24.7 Å². The molecule has 0 spiro atoms. The Morgan fingerprint density at radius 1 is 1.10 bits per heavy atom. The van der Waals surface area contributed by atoms with Crippen LogP contribution < -0.4 is 0 Å². The van der Waals surface area contributed by atoms with E-state index in [-0.39, 0.29) is 18.3 Å². The molecule has 0 radical (unpaired) electrons. The first-order chi connectivity index (χ1) is 13.8. The molecule has 4 rings (SSSR count). The van der Waals surface area contributed by atoms with E-state index in [1.165, 1.54) is 21.9 Å². The van der Waals surface area contributed by atoms with E-state index < -0.39 is 18.2 Å². The van der Waals surface area contributed by atoms with Crippen LogP contribution in [0.15, 0.2) is 40.7 Å². The van der Waals surface area contributed by atoms with Crippen LogP contribution in [0.25, 0.3) is 0 Å². The average molecular weight is 401 g/mol. The van der Waals surface area contributed by atoms with Crippen molar-refractivity contribution in [1.82, 2.24) is 19.6 Å². The first kappa shape index (κ1) is 19.4. The molecular formula is C20H24FN5O3. The number of halogens is 1. The summed E-state index contributed by atoms with van der Waals surface area (Å²) in [6.45, 7) is 5.16. The molecule has 3 aliphatic heterocycles. The van der Waals surface area contributed by atoms with Crippen molar-refractivity contribution in [3.05, 3.63) is 47.0 Å². The van der Waals surface area contributed by atoms with Crippen molar-refractivity contribution in [1.29, 1.82) is 0 Å². The van der Waals surface area contributed by atoms with Crippen molar-refractivity contribution in [2.45, 2.75) is 32.6 Å². The predicted molar refractivity (Wildman–Crippen MR) is 104 cm³/mol. The zero-order chi connectivity index (χ0) is 20.9. The maximum absolute atomic E-state index is 13.4. The average Bonchev–Trinajstić information content (AvgIpc) is 3.20. The van der Waals surface area contributed by atoms with Gasteiger partial charge in [-0.25, -0.2) is 14.2 Å². The number of guanidine groups is 1. The van der Waals surface area contributed by atoms with Gasteiger partial charge in [0.25, 0.3) is 5.91 Å². The molecule has 2 unspecified atom stereocenters. The first-order valence-electron chi connectivity index (χ1n) is 9.48. The fraction of sp³-hybridized carbons (Fsp3) is 0.450. The molecule has 3 aliphatic rings. The van der Waals surface area contributed by atoms with Crippen LogP contribution in [0.4, 0.5) is 9.18 Å². The van der Waals surface area contributed by atoms with Crippen molar-refractivity contribution >= 4 is 17.9 Å². The topological polar surface area (TPSA) is 68.7 Å². The van der Waals surface area contributed by atoms with Gasteiger partial charge in [-0.3, -0.25) is 14.6 Å². The number of urea groups is 1. The minimum absolute atomic E-state index is 0.0871. The third-order valence-electron chi connectivity index (χ3n) is 5.78. The van der Waals surface area contributed by atoms with Gasteiger partial charge in [-0.2, -0.15) is 0 Å². The van der Waals surface area contributed by atoms with Crippen LogP contribution >= 0.6 is 0 Å². The number of hydrogen-bond donors (Lipinski definition) is 0. The molecule has 0 bridgehead atoms. The lowest BCUT2D eigenvalue weighted by molar-refractivity contribution is -0.137. The van der Waals surface area contributed by atoms with Crippen LogP contribution in [0, 0.1) is 5.82 Å². The Morgan fingerprint density at radius 3 is 2.45 bits per heavy atom. The zero-order valence-electron chi connectivity index (χ0n) is 16.9. The molecule has 154 valence electrons. The maximum atomic E-state index is 13.4. The summed E-state index contributed by atoms with van der Waals surface area (Å²) in [5.74, 6) is 0.00566. The molecule has 1 fully saturated rings. The molecule has 8 nitrogen and oxygen atoms in total. The zero-order valence-corrected chi connectivity index (χ0v) is 16.9. The van der Waals surface area contributed by atoms with E-state index >= 15 is 0 Å². The molecule has 0 aromatic heterocycles. The highest BCUT2D eigenvalue weighted by atomic mass is 19.1. The minimum atomic E-state index is -0.615. The molecule has 3 amide bonds. The van der Waals surface area contributed by atoms with Crippen molar-refractivity contribution in [3.63, 3.8) is 0 Å². The fourth-order valence-corrected chi connectivity index (χ4v) is 4.05. The Kier molecular flexibility index (Phi) is 4.77. The van der Waals surface area contributed by atoms with Crippen LogP contribution in [0.3, 0.4) is 0 Å². The monoisotopic (exact) mass is 401 g/mol. The highest BCUT2D eigenvalue weighted by Crippen LogP contribution is 2.37. The van der Waals surface area contributed by atoms with Crippen LogP contribution in [0.1, 0.15) is 19.4 Å². The first-order valence-corrected chi connectivity index (χ1v) is 9.48. The van der Waals surface area contributed by atoms with Gasteiger partial charge in [0.1, 0.15) is 5.82 Å². The van der Waals surface area contributed by atoms with Gasteiger partial charge in [-0.05, 0) is 31.5 Å². The third kappa shape index (κ3) is 2.96. The number of rotatable bonds is 5. The number of methoxy groups -OCH3 is 1. The lowest BCUT2D eigenvalue weighted by Crippen LogP contribution is -2.64. The van der Waals surface area contributed by atoms with E-state index in [0.717, 1.165) is 11.4 Å². The number of amides is 3. The second kappa shape index (κ2) is 7.14. The Bertz CT molecular complexity index is 913. The van der Waals surface area contributed by atoms with E-state index in [4.69, 9.17) is 9.73 Å². The summed E-state index contributed by atoms with van der Waals surface area (Å²) in [7, 11) is 3.29. The van der Waals surface area contributed by atoms with E-state index in [1.807, 2.05) is 23.6 Å². The molecule has 0 saturated carbocycles. The van der Waals surface area contributed by atoms with Crippen LogP contribution in [0.5, 0.6) is 0 Å². The number of carbonyl (C=O) groups is 2. The van der Waals surface area contributed by atoms with Gasteiger partial charge in [0.05, 0.1) is 13.2 Å². The largest absolute Gasteiger partial charge is 0.383 e. The number of fused-ring (bicyclic) bond motifs is 3. The number of likely N-dealkylation sites (N-methyl/N-ethyl adjacent to an activating group) is 1. The summed E-state index contributed by atoms with van der Waals surface area (Å²) in [5.41, 5.74) is 2.63. The van der Waals surface area contributed by atoms with Crippen molar-refractivity contribution in [2.75, 3.05) is 27.3 Å². The van der Waals surface area contributed by atoms with Crippen LogP contribution in [-0.4, -0.2) is 77.0 Å². The van der Waals surface area contributed by atoms with Crippen molar-refractivity contribution in [2.24, 2.45) is 4.99 Å². The normalized spacial score (nSPS) is 23.8. The number of benzene rings is 1. The SMILES string of the molecule is COCCN1C2=NC3C(C(=O)N(Cc4ccc(F)cc4)C(=O)N3C)N2C(C)=C1C. The number of imide groups is 1. The Hall–Kier alpha value is -2.94. The highest BCUT2D eigenvalue weighted by molar-refractivity contribution is 6.05. The van der Waals surface area contributed by atoms with E-state index in [9.17, 15) is 14.0 Å². The number of allylic oxidation sites excluding steroid dienone is 2. The van der Waals surface area contributed by atoms with Gasteiger partial charge in [0, 0.05) is 32.1 Å². The number of nitrogens with zero attached hydrogens (tertiary/aromatic N) is 5. The maximum Gasteiger partial charge on any atom is 0.328 e. The summed E-state index contributed by atoms with van der Waals surface area (Å²) in [6.07, 6.45) is -0.581. The molecule has 1 saturated heterocycles. The molecule has 0 N–H and O–H groups in total. The lowest BCUT2D eigenvalue weighted by Gasteiger charge is -2.40. The summed E-state index contributed by atoms with van der Waals surface area (Å²) in [4.78, 5) is 37.6. The second-order valence-electron chi connectivity index (χ2n) is 7.42. The van der Waals surface area contributed by atoms with E-state index in [1.54, 1.807) is 26.3 Å². The summed E-state index contributed by atoms with van der Waals surface area (Å²) in [5, 5.41) is 0. The van der Waals surface area contributed by atoms with Gasteiger partial charge in [-0.15, -0.1) is 0 Å². The Balaban J connectivity index is 1.64. The van der Waals surface area contributed by atoms with Crippen molar-refractivity contribution < 1.29 is 18.7 Å². The summed E-state index contributed by atoms with van der Waals surface area (Å²) >= 11 is 0. The van der Waals surface area contributed by atoms with Gasteiger partial charge >= 0.3 is 6.03 Å². The Labute approximate surface area is 168 Å². The fourth-order valence-electron chi connectivity index (χ4n) is 4.05. The summed E-state index contributed by atoms with van der Waals surface area (Å²) < 4.78 is 18.4. The quantitative estimate of drug-likeness (QED) is 0.753. The molecule has 29 heavy (non-hydrogen) atoms. The Morgan fingerprint density at radius 2 is 1.79 bits per heavy atom. The number of ether oxygens (including phenoxy) is 1. The van der Waals surface area contributed by atoms with Gasteiger partial charge in [-0.1, -0.05) is 12.1 Å². The van der Waals surface area contributed by atoms with Crippen LogP contribution in [0.2, 0.25) is 0 Å². The third-order valence-corrected chi connectivity index (χ3v) is 5.78. The minimum Gasteiger partial charge on any atom is -0.383 e. The molecule has 2 atom stereocenters. The standard InChI is InChI=1S/C20H24FN5O3/c1-12-13(2)26-16-17(22-19(26)24(12)9-10-29-4)23(3)20(28)25(18(16)27)11-14-5-7-15(21)8-6-14/h5-8,16-17H,9-11H2,1-4H3. The lowest BCUT2D eigenvalue weighted by atomic mass is 10.1. The predicted octanol–water partition coefficient (Wildman–Crippen LogP) is 1.80. The molecule has 3 heterocycles. The molecule has 1 aromatic carbocycles. The molecule has 0 aliphatic carbocycles. The number of carbonyl (C=O) groups excluding carboxylic acids is 2. The van der Waals surface area contributed by atoms with Gasteiger partial charge < -0.3 is 14.5 Å². The molecular weight excluding hydrogens is 377 g/mol. The van der Waals surface area contributed by atoms with Crippen molar-refractivity contribution in [3.8, 4) is 0 Å². The second-order valence-corrected chi connectivity index (χ2v) is 7.42. The number of hydrogen-bond acceptors (Lipinski definition) is 6. The smallest absolute Gasteiger partial charge is 0.328 e. The summed E-state index contributed by atoms with van der Waals surface area (Å²) in [6, 6.07) is 4.78.